The Kier molecular flexibility index (Phi) is 3.84. The molecule has 1 amide bonds. The van der Waals surface area contributed by atoms with Gasteiger partial charge in [-0.25, -0.2) is 0 Å². The number of fused-ring (bicyclic) bond motifs is 1. The summed E-state index contributed by atoms with van der Waals surface area (Å²) >= 11 is 1.38. The maximum atomic E-state index is 12.2. The summed E-state index contributed by atoms with van der Waals surface area (Å²) in [5.41, 5.74) is 6.57. The third kappa shape index (κ3) is 2.62. The van der Waals surface area contributed by atoms with Crippen molar-refractivity contribution in [3.8, 4) is 0 Å². The molecule has 0 saturated carbocycles. The molecule has 1 atom stereocenters. The van der Waals surface area contributed by atoms with Crippen LogP contribution >= 0.6 is 11.3 Å². The highest BCUT2D eigenvalue weighted by Gasteiger charge is 2.18. The van der Waals surface area contributed by atoms with Crippen molar-refractivity contribution in [1.29, 1.82) is 0 Å². The van der Waals surface area contributed by atoms with Gasteiger partial charge < -0.3 is 15.8 Å². The number of carbonyl (C=O) groups excluding carboxylic acids is 1. The minimum atomic E-state index is -0.110. The number of carbonyl (C=O) groups is 1. The van der Waals surface area contributed by atoms with Crippen molar-refractivity contribution in [2.45, 2.75) is 25.4 Å². The van der Waals surface area contributed by atoms with Crippen LogP contribution in [-0.4, -0.2) is 30.1 Å². The number of rotatable bonds is 4. The monoisotopic (exact) mass is 291 g/mol. The summed E-state index contributed by atoms with van der Waals surface area (Å²) in [6.07, 6.45) is 6.78. The predicted molar refractivity (Wildman–Crippen MR) is 80.0 cm³/mol. The number of anilines is 1. The van der Waals surface area contributed by atoms with E-state index in [1.807, 2.05) is 6.07 Å². The van der Waals surface area contributed by atoms with Crippen LogP contribution in [0, 0.1) is 0 Å². The lowest BCUT2D eigenvalue weighted by atomic mass is 10.2. The van der Waals surface area contributed by atoms with Gasteiger partial charge in [0.25, 0.3) is 5.91 Å². The van der Waals surface area contributed by atoms with Crippen LogP contribution < -0.4 is 11.1 Å². The van der Waals surface area contributed by atoms with E-state index < -0.39 is 0 Å². The molecule has 3 heterocycles. The Morgan fingerprint density at radius 1 is 1.60 bits per heavy atom. The number of nitrogens with one attached hydrogen (secondary N) is 1. The molecule has 1 aliphatic rings. The van der Waals surface area contributed by atoms with Gasteiger partial charge in [0.05, 0.1) is 16.5 Å². The van der Waals surface area contributed by atoms with E-state index in [4.69, 9.17) is 10.5 Å². The highest BCUT2D eigenvalue weighted by molar-refractivity contribution is 7.21. The molecule has 1 fully saturated rings. The summed E-state index contributed by atoms with van der Waals surface area (Å²) in [6, 6.07) is 1.84. The molecule has 0 radical (unpaired) electrons. The molecule has 0 spiro atoms. The molecular formula is C14H17N3O2S. The fourth-order valence-corrected chi connectivity index (χ4v) is 3.44. The zero-order valence-electron chi connectivity index (χ0n) is 11.1. The third-order valence-corrected chi connectivity index (χ3v) is 4.67. The molecule has 1 saturated heterocycles. The van der Waals surface area contributed by atoms with Crippen LogP contribution in [0.4, 0.5) is 5.69 Å². The average molecular weight is 291 g/mol. The number of aromatic nitrogens is 1. The van der Waals surface area contributed by atoms with Gasteiger partial charge in [-0.3, -0.25) is 9.78 Å². The summed E-state index contributed by atoms with van der Waals surface area (Å²) in [5, 5.41) is 3.82. The Morgan fingerprint density at radius 3 is 3.25 bits per heavy atom. The van der Waals surface area contributed by atoms with Crippen molar-refractivity contribution < 1.29 is 9.53 Å². The first-order valence-corrected chi connectivity index (χ1v) is 7.59. The van der Waals surface area contributed by atoms with Crippen LogP contribution in [0.25, 0.3) is 10.1 Å². The van der Waals surface area contributed by atoms with E-state index in [1.165, 1.54) is 11.3 Å². The Morgan fingerprint density at radius 2 is 2.50 bits per heavy atom. The van der Waals surface area contributed by atoms with Gasteiger partial charge >= 0.3 is 0 Å². The molecule has 6 heteroatoms. The molecule has 3 N–H and O–H groups in total. The van der Waals surface area contributed by atoms with Crippen LogP contribution in [0.3, 0.4) is 0 Å². The Hall–Kier alpha value is -1.66. The van der Waals surface area contributed by atoms with Crippen molar-refractivity contribution in [2.75, 3.05) is 18.9 Å². The normalized spacial score (nSPS) is 18.5. The largest absolute Gasteiger partial charge is 0.397 e. The van der Waals surface area contributed by atoms with E-state index >= 15 is 0 Å². The molecule has 2 aromatic rings. The van der Waals surface area contributed by atoms with Crippen LogP contribution in [-0.2, 0) is 4.74 Å². The SMILES string of the molecule is Nc1c(C(=O)NCCC2CCCO2)sc2cnccc12. The first kappa shape index (κ1) is 13.3. The second-order valence-electron chi connectivity index (χ2n) is 4.90. The smallest absolute Gasteiger partial charge is 0.263 e. The molecule has 5 nitrogen and oxygen atoms in total. The van der Waals surface area contributed by atoms with Gasteiger partial charge in [-0.1, -0.05) is 0 Å². The topological polar surface area (TPSA) is 77.2 Å². The Bertz CT molecular complexity index is 620. The van der Waals surface area contributed by atoms with E-state index in [-0.39, 0.29) is 5.91 Å². The molecular weight excluding hydrogens is 274 g/mol. The number of nitrogens with two attached hydrogens (primary N) is 1. The lowest BCUT2D eigenvalue weighted by molar-refractivity contribution is 0.0911. The highest BCUT2D eigenvalue weighted by atomic mass is 32.1. The van der Waals surface area contributed by atoms with Gasteiger partial charge in [0, 0.05) is 30.9 Å². The van der Waals surface area contributed by atoms with Gasteiger partial charge in [-0.05, 0) is 25.3 Å². The van der Waals surface area contributed by atoms with E-state index in [9.17, 15) is 4.79 Å². The number of hydrogen-bond acceptors (Lipinski definition) is 5. The molecule has 0 aliphatic carbocycles. The van der Waals surface area contributed by atoms with E-state index in [2.05, 4.69) is 10.3 Å². The van der Waals surface area contributed by atoms with Crippen LogP contribution in [0.15, 0.2) is 18.5 Å². The van der Waals surface area contributed by atoms with Crippen molar-refractivity contribution >= 4 is 33.0 Å². The van der Waals surface area contributed by atoms with E-state index in [0.29, 0.717) is 23.2 Å². The second-order valence-corrected chi connectivity index (χ2v) is 5.95. The van der Waals surface area contributed by atoms with E-state index in [0.717, 1.165) is 36.0 Å². The molecule has 0 aromatic carbocycles. The number of nitrogens with zero attached hydrogens (tertiary/aromatic N) is 1. The molecule has 1 aliphatic heterocycles. The summed E-state index contributed by atoms with van der Waals surface area (Å²) < 4.78 is 6.47. The maximum Gasteiger partial charge on any atom is 0.263 e. The molecule has 0 bridgehead atoms. The summed E-state index contributed by atoms with van der Waals surface area (Å²) in [6.45, 7) is 1.46. The molecule has 3 rings (SSSR count). The maximum absolute atomic E-state index is 12.2. The van der Waals surface area contributed by atoms with Crippen molar-refractivity contribution in [3.05, 3.63) is 23.3 Å². The van der Waals surface area contributed by atoms with Crippen LogP contribution in [0.2, 0.25) is 0 Å². The lowest BCUT2D eigenvalue weighted by Crippen LogP contribution is -2.26. The standard InChI is InChI=1S/C14H17N3O2S/c15-12-10-4-5-16-8-11(10)20-13(12)14(18)17-6-3-9-2-1-7-19-9/h4-5,8-9H,1-3,6-7,15H2,(H,17,18). The number of pyridine rings is 1. The van der Waals surface area contributed by atoms with Gasteiger partial charge in [0.15, 0.2) is 0 Å². The molecule has 106 valence electrons. The van der Waals surface area contributed by atoms with Gasteiger partial charge in [0.2, 0.25) is 0 Å². The number of hydrogen-bond donors (Lipinski definition) is 2. The Balaban J connectivity index is 1.64. The van der Waals surface area contributed by atoms with Crippen LogP contribution in [0.1, 0.15) is 28.9 Å². The van der Waals surface area contributed by atoms with Crippen LogP contribution in [0.5, 0.6) is 0 Å². The number of nitrogen functional groups attached to an aromatic ring is 1. The fourth-order valence-electron chi connectivity index (χ4n) is 2.44. The van der Waals surface area contributed by atoms with Gasteiger partial charge in [-0.2, -0.15) is 0 Å². The average Bonchev–Trinajstić information content (AvgIpc) is 3.08. The van der Waals surface area contributed by atoms with Gasteiger partial charge in [0.1, 0.15) is 4.88 Å². The first-order valence-electron chi connectivity index (χ1n) is 6.77. The Labute approximate surface area is 121 Å². The second kappa shape index (κ2) is 5.76. The zero-order valence-corrected chi connectivity index (χ0v) is 11.9. The summed E-state index contributed by atoms with van der Waals surface area (Å²) in [4.78, 5) is 16.8. The highest BCUT2D eigenvalue weighted by Crippen LogP contribution is 2.32. The lowest BCUT2D eigenvalue weighted by Gasteiger charge is -2.09. The van der Waals surface area contributed by atoms with Crippen molar-refractivity contribution in [3.63, 3.8) is 0 Å². The quantitative estimate of drug-likeness (QED) is 0.905. The summed E-state index contributed by atoms with van der Waals surface area (Å²) in [5.74, 6) is -0.110. The molecule has 1 unspecified atom stereocenters. The van der Waals surface area contributed by atoms with Crippen molar-refractivity contribution in [1.82, 2.24) is 10.3 Å². The number of amides is 1. The minimum absolute atomic E-state index is 0.110. The molecule has 2 aromatic heterocycles. The van der Waals surface area contributed by atoms with E-state index in [1.54, 1.807) is 12.4 Å². The first-order chi connectivity index (χ1) is 9.75. The van der Waals surface area contributed by atoms with Crippen molar-refractivity contribution in [2.24, 2.45) is 0 Å². The predicted octanol–water partition coefficient (Wildman–Crippen LogP) is 2.18. The number of thiophene rings is 1. The number of ether oxygens (including phenoxy) is 1. The third-order valence-electron chi connectivity index (χ3n) is 3.51. The fraction of sp³-hybridized carbons (Fsp3) is 0.429. The zero-order chi connectivity index (χ0) is 13.9. The summed E-state index contributed by atoms with van der Waals surface area (Å²) in [7, 11) is 0. The minimum Gasteiger partial charge on any atom is -0.397 e. The molecule has 20 heavy (non-hydrogen) atoms. The van der Waals surface area contributed by atoms with Gasteiger partial charge in [-0.15, -0.1) is 11.3 Å².